The summed E-state index contributed by atoms with van der Waals surface area (Å²) in [6.45, 7) is 2.46. The smallest absolute Gasteiger partial charge is 0.255 e. The maximum absolute atomic E-state index is 12.4. The van der Waals surface area contributed by atoms with Gasteiger partial charge in [0.1, 0.15) is 0 Å². The molecular weight excluding hydrogens is 300 g/mol. The van der Waals surface area contributed by atoms with Crippen LogP contribution in [0.2, 0.25) is 0 Å². The first-order valence-electron chi connectivity index (χ1n) is 7.76. The van der Waals surface area contributed by atoms with Crippen molar-refractivity contribution in [2.24, 2.45) is 0 Å². The molecule has 2 N–H and O–H groups in total. The molecule has 0 saturated carbocycles. The predicted octanol–water partition coefficient (Wildman–Crippen LogP) is 3.28. The molecule has 0 spiro atoms. The van der Waals surface area contributed by atoms with Crippen LogP contribution in [0, 0.1) is 6.92 Å². The molecule has 0 radical (unpaired) electrons. The van der Waals surface area contributed by atoms with Crippen molar-refractivity contribution in [3.63, 3.8) is 0 Å². The van der Waals surface area contributed by atoms with E-state index in [4.69, 9.17) is 0 Å². The van der Waals surface area contributed by atoms with Crippen molar-refractivity contribution in [2.45, 2.75) is 13.5 Å². The average Bonchev–Trinajstić information content (AvgIpc) is 2.62. The summed E-state index contributed by atoms with van der Waals surface area (Å²) in [6, 6.07) is 18.8. The zero-order valence-corrected chi connectivity index (χ0v) is 13.4. The number of benzene rings is 2. The van der Waals surface area contributed by atoms with Gasteiger partial charge in [0.05, 0.1) is 5.56 Å². The summed E-state index contributed by atoms with van der Waals surface area (Å²) in [5, 5.41) is 2.89. The van der Waals surface area contributed by atoms with Crippen LogP contribution in [0.3, 0.4) is 0 Å². The van der Waals surface area contributed by atoms with E-state index in [0.29, 0.717) is 17.7 Å². The predicted molar refractivity (Wildman–Crippen MR) is 94.8 cm³/mol. The summed E-state index contributed by atoms with van der Waals surface area (Å²) < 4.78 is 0. The lowest BCUT2D eigenvalue weighted by molar-refractivity contribution is 0.0950. The number of hydrogen-bond acceptors (Lipinski definition) is 2. The van der Waals surface area contributed by atoms with Crippen LogP contribution in [-0.4, -0.2) is 10.9 Å². The normalized spacial score (nSPS) is 10.4. The number of rotatable bonds is 4. The summed E-state index contributed by atoms with van der Waals surface area (Å²) >= 11 is 0. The van der Waals surface area contributed by atoms with Crippen molar-refractivity contribution in [2.75, 3.05) is 0 Å². The van der Waals surface area contributed by atoms with E-state index in [0.717, 1.165) is 16.7 Å². The molecule has 4 heteroatoms. The van der Waals surface area contributed by atoms with Crippen LogP contribution in [0.1, 0.15) is 21.5 Å². The number of pyridine rings is 1. The molecule has 0 aliphatic carbocycles. The summed E-state index contributed by atoms with van der Waals surface area (Å²) in [5.41, 5.74) is 3.69. The number of hydrogen-bond donors (Lipinski definition) is 2. The van der Waals surface area contributed by atoms with Gasteiger partial charge < -0.3 is 10.3 Å². The Morgan fingerprint density at radius 3 is 2.50 bits per heavy atom. The Bertz CT molecular complexity index is 914. The SMILES string of the molecule is Cc1ccccc1CNC(=O)c1c[nH]c(=O)c(-c2ccccc2)c1. The van der Waals surface area contributed by atoms with Gasteiger partial charge in [-0.1, -0.05) is 54.6 Å². The third kappa shape index (κ3) is 3.43. The number of carbonyl (C=O) groups is 1. The van der Waals surface area contributed by atoms with E-state index in [9.17, 15) is 9.59 Å². The number of aromatic amines is 1. The summed E-state index contributed by atoms with van der Waals surface area (Å²) in [5.74, 6) is -0.216. The fourth-order valence-electron chi connectivity index (χ4n) is 2.53. The van der Waals surface area contributed by atoms with E-state index >= 15 is 0 Å². The molecule has 3 rings (SSSR count). The Balaban J connectivity index is 1.81. The minimum Gasteiger partial charge on any atom is -0.348 e. The van der Waals surface area contributed by atoms with E-state index in [2.05, 4.69) is 10.3 Å². The van der Waals surface area contributed by atoms with E-state index in [1.54, 1.807) is 6.07 Å². The Morgan fingerprint density at radius 2 is 1.75 bits per heavy atom. The summed E-state index contributed by atoms with van der Waals surface area (Å²) in [6.07, 6.45) is 1.45. The van der Waals surface area contributed by atoms with Gasteiger partial charge in [0.2, 0.25) is 0 Å². The van der Waals surface area contributed by atoms with Gasteiger partial charge in [0, 0.05) is 18.3 Å². The lowest BCUT2D eigenvalue weighted by Gasteiger charge is -2.09. The fourth-order valence-corrected chi connectivity index (χ4v) is 2.53. The maximum Gasteiger partial charge on any atom is 0.255 e. The van der Waals surface area contributed by atoms with Crippen LogP contribution in [0.5, 0.6) is 0 Å². The Hall–Kier alpha value is -3.14. The van der Waals surface area contributed by atoms with Crippen molar-refractivity contribution in [1.29, 1.82) is 0 Å². The number of nitrogens with one attached hydrogen (secondary N) is 2. The number of carbonyl (C=O) groups excluding carboxylic acids is 1. The molecule has 0 aliphatic heterocycles. The second-order valence-corrected chi connectivity index (χ2v) is 5.61. The average molecular weight is 318 g/mol. The van der Waals surface area contributed by atoms with Crippen LogP contribution >= 0.6 is 0 Å². The highest BCUT2D eigenvalue weighted by atomic mass is 16.1. The van der Waals surface area contributed by atoms with Crippen LogP contribution < -0.4 is 10.9 Å². The molecule has 1 aromatic heterocycles. The van der Waals surface area contributed by atoms with Gasteiger partial charge >= 0.3 is 0 Å². The molecule has 0 aliphatic rings. The fraction of sp³-hybridized carbons (Fsp3) is 0.100. The molecular formula is C20H18N2O2. The highest BCUT2D eigenvalue weighted by Crippen LogP contribution is 2.15. The number of H-pyrrole nitrogens is 1. The van der Waals surface area contributed by atoms with E-state index in [1.807, 2.05) is 61.5 Å². The lowest BCUT2D eigenvalue weighted by Crippen LogP contribution is -2.24. The first kappa shape index (κ1) is 15.7. The maximum atomic E-state index is 12.4. The van der Waals surface area contributed by atoms with Crippen LogP contribution in [0.4, 0.5) is 0 Å². The number of aromatic nitrogens is 1. The van der Waals surface area contributed by atoms with Crippen molar-refractivity contribution in [1.82, 2.24) is 10.3 Å². The van der Waals surface area contributed by atoms with Gasteiger partial charge in [0.15, 0.2) is 0 Å². The molecule has 1 amide bonds. The highest BCUT2D eigenvalue weighted by molar-refractivity contribution is 5.95. The van der Waals surface area contributed by atoms with Gasteiger partial charge in [0.25, 0.3) is 11.5 Å². The standard InChI is InChI=1S/C20H18N2O2/c1-14-7-5-6-10-16(14)12-21-19(23)17-11-18(20(24)22-13-17)15-8-3-2-4-9-15/h2-11,13H,12H2,1H3,(H,21,23)(H,22,24). The molecule has 24 heavy (non-hydrogen) atoms. The topological polar surface area (TPSA) is 62.0 Å². The highest BCUT2D eigenvalue weighted by Gasteiger charge is 2.10. The van der Waals surface area contributed by atoms with Crippen molar-refractivity contribution in [3.05, 3.63) is 93.9 Å². The van der Waals surface area contributed by atoms with Crippen molar-refractivity contribution < 1.29 is 4.79 Å². The first-order valence-corrected chi connectivity index (χ1v) is 7.76. The zero-order chi connectivity index (χ0) is 16.9. The van der Waals surface area contributed by atoms with Gasteiger partial charge in [-0.3, -0.25) is 9.59 Å². The Morgan fingerprint density at radius 1 is 1.04 bits per heavy atom. The number of amides is 1. The Labute approximate surface area is 140 Å². The van der Waals surface area contributed by atoms with Gasteiger partial charge in [-0.05, 0) is 29.7 Å². The molecule has 120 valence electrons. The molecule has 4 nitrogen and oxygen atoms in total. The molecule has 0 bridgehead atoms. The molecule has 2 aromatic carbocycles. The molecule has 3 aromatic rings. The largest absolute Gasteiger partial charge is 0.348 e. The molecule has 1 heterocycles. The van der Waals surface area contributed by atoms with Crippen molar-refractivity contribution >= 4 is 5.91 Å². The summed E-state index contributed by atoms with van der Waals surface area (Å²) in [4.78, 5) is 27.1. The van der Waals surface area contributed by atoms with Crippen LogP contribution in [0.25, 0.3) is 11.1 Å². The minimum absolute atomic E-state index is 0.211. The van der Waals surface area contributed by atoms with E-state index in [-0.39, 0.29) is 11.5 Å². The van der Waals surface area contributed by atoms with E-state index < -0.39 is 0 Å². The molecule has 0 saturated heterocycles. The second kappa shape index (κ2) is 6.96. The van der Waals surface area contributed by atoms with Gasteiger partial charge in [-0.25, -0.2) is 0 Å². The van der Waals surface area contributed by atoms with Crippen molar-refractivity contribution in [3.8, 4) is 11.1 Å². The summed E-state index contributed by atoms with van der Waals surface area (Å²) in [7, 11) is 0. The molecule has 0 unspecified atom stereocenters. The minimum atomic E-state index is -0.216. The van der Waals surface area contributed by atoms with Gasteiger partial charge in [-0.15, -0.1) is 0 Å². The third-order valence-corrected chi connectivity index (χ3v) is 3.95. The molecule has 0 atom stereocenters. The van der Waals surface area contributed by atoms with Crippen LogP contribution in [-0.2, 0) is 6.54 Å². The lowest BCUT2D eigenvalue weighted by atomic mass is 10.1. The quantitative estimate of drug-likeness (QED) is 0.775. The first-order chi connectivity index (χ1) is 11.6. The molecule has 0 fully saturated rings. The zero-order valence-electron chi connectivity index (χ0n) is 13.4. The van der Waals surface area contributed by atoms with Gasteiger partial charge in [-0.2, -0.15) is 0 Å². The third-order valence-electron chi connectivity index (χ3n) is 3.95. The van der Waals surface area contributed by atoms with Crippen LogP contribution in [0.15, 0.2) is 71.7 Å². The Kier molecular flexibility index (Phi) is 4.57. The monoisotopic (exact) mass is 318 g/mol. The van der Waals surface area contributed by atoms with E-state index in [1.165, 1.54) is 6.20 Å². The second-order valence-electron chi connectivity index (χ2n) is 5.61. The number of aryl methyl sites for hydroxylation is 1.